The highest BCUT2D eigenvalue weighted by atomic mass is 127. The molecule has 2 saturated carbocycles. The van der Waals surface area contributed by atoms with Crippen molar-refractivity contribution in [3.05, 3.63) is 11.6 Å². The average molecular weight is 544 g/mol. The summed E-state index contributed by atoms with van der Waals surface area (Å²) in [5.41, 5.74) is 0. The van der Waals surface area contributed by atoms with Crippen molar-refractivity contribution in [1.29, 1.82) is 0 Å². The zero-order valence-electron chi connectivity index (χ0n) is 19.5. The van der Waals surface area contributed by atoms with Crippen molar-refractivity contribution in [2.45, 2.75) is 109 Å². The molecule has 1 saturated heterocycles. The van der Waals surface area contributed by atoms with Gasteiger partial charge in [-0.3, -0.25) is 4.90 Å². The van der Waals surface area contributed by atoms with E-state index >= 15 is 0 Å². The molecule has 1 unspecified atom stereocenters. The van der Waals surface area contributed by atoms with Crippen LogP contribution in [0.2, 0.25) is 0 Å². The Labute approximate surface area is 205 Å². The van der Waals surface area contributed by atoms with E-state index in [0.717, 1.165) is 30.2 Å². The van der Waals surface area contributed by atoms with Crippen molar-refractivity contribution >= 4 is 29.9 Å². The van der Waals surface area contributed by atoms with Gasteiger partial charge in [0.15, 0.2) is 11.8 Å². The fourth-order valence-corrected chi connectivity index (χ4v) is 5.41. The molecule has 0 amide bonds. The van der Waals surface area contributed by atoms with Crippen LogP contribution < -0.4 is 10.6 Å². The number of rotatable bonds is 5. The van der Waals surface area contributed by atoms with Crippen LogP contribution in [-0.4, -0.2) is 56.8 Å². The lowest BCUT2D eigenvalue weighted by molar-refractivity contribution is 0.115. The van der Waals surface area contributed by atoms with E-state index in [4.69, 9.17) is 4.99 Å². The van der Waals surface area contributed by atoms with Crippen molar-refractivity contribution in [3.63, 3.8) is 0 Å². The van der Waals surface area contributed by atoms with Crippen molar-refractivity contribution in [1.82, 2.24) is 30.3 Å². The number of hydrogen-bond donors (Lipinski definition) is 2. The Morgan fingerprint density at radius 3 is 2.23 bits per heavy atom. The van der Waals surface area contributed by atoms with Crippen LogP contribution in [0.1, 0.15) is 88.7 Å². The maximum atomic E-state index is 4.95. The van der Waals surface area contributed by atoms with E-state index in [-0.39, 0.29) is 24.0 Å². The number of piperidine rings is 1. The first-order chi connectivity index (χ1) is 14.7. The van der Waals surface area contributed by atoms with Crippen LogP contribution in [-0.2, 0) is 13.6 Å². The molecule has 3 aliphatic rings. The van der Waals surface area contributed by atoms with E-state index in [2.05, 4.69) is 25.7 Å². The standard InChI is InChI=1S/C23H41N7.HI/c1-18-27-28-22(29(18)2)16-24-23(25-19-10-5-3-6-11-19)26-20-12-9-15-30(17-20)21-13-7-4-8-14-21;/h19-21H,3-17H2,1-2H3,(H2,24,25,26);1H. The van der Waals surface area contributed by atoms with Crippen LogP contribution in [0.3, 0.4) is 0 Å². The summed E-state index contributed by atoms with van der Waals surface area (Å²) in [4.78, 5) is 7.70. The zero-order valence-corrected chi connectivity index (χ0v) is 21.8. The highest BCUT2D eigenvalue weighted by Gasteiger charge is 2.28. The van der Waals surface area contributed by atoms with Gasteiger partial charge >= 0.3 is 0 Å². The maximum Gasteiger partial charge on any atom is 0.192 e. The Bertz CT molecular complexity index is 692. The van der Waals surface area contributed by atoms with Gasteiger partial charge < -0.3 is 15.2 Å². The molecule has 31 heavy (non-hydrogen) atoms. The van der Waals surface area contributed by atoms with Crippen LogP contribution in [0.15, 0.2) is 4.99 Å². The van der Waals surface area contributed by atoms with E-state index in [9.17, 15) is 0 Å². The van der Waals surface area contributed by atoms with Gasteiger partial charge in [-0.25, -0.2) is 4.99 Å². The number of hydrogen-bond acceptors (Lipinski definition) is 4. The van der Waals surface area contributed by atoms with E-state index < -0.39 is 0 Å². The zero-order chi connectivity index (χ0) is 20.8. The first kappa shape index (κ1) is 24.7. The molecule has 8 heteroatoms. The lowest BCUT2D eigenvalue weighted by atomic mass is 9.92. The fourth-order valence-electron chi connectivity index (χ4n) is 5.41. The number of nitrogens with zero attached hydrogens (tertiary/aromatic N) is 5. The number of likely N-dealkylation sites (tertiary alicyclic amines) is 1. The molecule has 1 aliphatic heterocycles. The van der Waals surface area contributed by atoms with E-state index in [1.54, 1.807) is 0 Å². The first-order valence-corrected chi connectivity index (χ1v) is 12.4. The van der Waals surface area contributed by atoms with Gasteiger partial charge in [0.2, 0.25) is 0 Å². The highest BCUT2D eigenvalue weighted by Crippen LogP contribution is 2.25. The Hall–Kier alpha value is -0.900. The molecular weight excluding hydrogens is 501 g/mol. The van der Waals surface area contributed by atoms with E-state index in [0.29, 0.717) is 18.6 Å². The topological polar surface area (TPSA) is 70.4 Å². The number of aromatic nitrogens is 3. The molecule has 3 fully saturated rings. The molecule has 0 spiro atoms. The molecule has 0 radical (unpaired) electrons. The quantitative estimate of drug-likeness (QED) is 0.335. The second-order valence-corrected chi connectivity index (χ2v) is 9.64. The molecule has 2 N–H and O–H groups in total. The lowest BCUT2D eigenvalue weighted by Gasteiger charge is -2.40. The van der Waals surface area contributed by atoms with Gasteiger partial charge in [0, 0.05) is 31.7 Å². The molecule has 1 atom stereocenters. The largest absolute Gasteiger partial charge is 0.354 e. The number of halogens is 1. The van der Waals surface area contributed by atoms with Crippen LogP contribution in [0, 0.1) is 6.92 Å². The maximum absolute atomic E-state index is 4.95. The van der Waals surface area contributed by atoms with Gasteiger partial charge in [-0.2, -0.15) is 0 Å². The summed E-state index contributed by atoms with van der Waals surface area (Å²) in [5.74, 6) is 2.83. The smallest absolute Gasteiger partial charge is 0.192 e. The summed E-state index contributed by atoms with van der Waals surface area (Å²) < 4.78 is 2.03. The summed E-state index contributed by atoms with van der Waals surface area (Å²) in [5, 5.41) is 16.0. The predicted molar refractivity (Wildman–Crippen MR) is 137 cm³/mol. The molecule has 7 nitrogen and oxygen atoms in total. The molecule has 2 heterocycles. The Balaban J connectivity index is 0.00000272. The van der Waals surface area contributed by atoms with Crippen molar-refractivity contribution in [2.24, 2.45) is 12.0 Å². The molecular formula is C23H42IN7. The monoisotopic (exact) mass is 543 g/mol. The summed E-state index contributed by atoms with van der Waals surface area (Å²) in [7, 11) is 2.02. The summed E-state index contributed by atoms with van der Waals surface area (Å²) in [6, 6.07) is 1.83. The molecule has 1 aromatic rings. The molecule has 0 aromatic carbocycles. The van der Waals surface area contributed by atoms with Gasteiger partial charge in [0.05, 0.1) is 0 Å². The fraction of sp³-hybridized carbons (Fsp3) is 0.870. The second-order valence-electron chi connectivity index (χ2n) is 9.64. The Morgan fingerprint density at radius 2 is 1.55 bits per heavy atom. The first-order valence-electron chi connectivity index (χ1n) is 12.4. The summed E-state index contributed by atoms with van der Waals surface area (Å²) >= 11 is 0. The molecule has 176 valence electrons. The van der Waals surface area contributed by atoms with Crippen LogP contribution >= 0.6 is 24.0 Å². The molecule has 1 aromatic heterocycles. The van der Waals surface area contributed by atoms with Gasteiger partial charge in [-0.1, -0.05) is 38.5 Å². The minimum Gasteiger partial charge on any atom is -0.354 e. The molecule has 2 aliphatic carbocycles. The lowest BCUT2D eigenvalue weighted by Crippen LogP contribution is -2.55. The van der Waals surface area contributed by atoms with Gasteiger partial charge in [-0.05, 0) is 52.0 Å². The van der Waals surface area contributed by atoms with Crippen LogP contribution in [0.4, 0.5) is 0 Å². The van der Waals surface area contributed by atoms with Gasteiger partial charge in [0.1, 0.15) is 12.4 Å². The molecule has 0 bridgehead atoms. The third-order valence-corrected chi connectivity index (χ3v) is 7.39. The van der Waals surface area contributed by atoms with E-state index in [1.165, 1.54) is 83.6 Å². The normalized spacial score (nSPS) is 24.6. The summed E-state index contributed by atoms with van der Waals surface area (Å²) in [6.07, 6.45) is 16.1. The number of aryl methyl sites for hydroxylation is 1. The SMILES string of the molecule is Cc1nnc(CN=C(NC2CCCCC2)NC2CCCN(C3CCCCC3)C2)n1C.I. The number of nitrogens with one attached hydrogen (secondary N) is 2. The highest BCUT2D eigenvalue weighted by molar-refractivity contribution is 14.0. The summed E-state index contributed by atoms with van der Waals surface area (Å²) in [6.45, 7) is 4.97. The van der Waals surface area contributed by atoms with Crippen molar-refractivity contribution in [2.75, 3.05) is 13.1 Å². The van der Waals surface area contributed by atoms with Crippen molar-refractivity contribution in [3.8, 4) is 0 Å². The molecule has 4 rings (SSSR count). The second kappa shape index (κ2) is 12.4. The minimum atomic E-state index is 0. The van der Waals surface area contributed by atoms with Crippen molar-refractivity contribution < 1.29 is 0 Å². The predicted octanol–water partition coefficient (Wildman–Crippen LogP) is 3.91. The number of aliphatic imine (C=N–C) groups is 1. The third kappa shape index (κ3) is 7.04. The minimum absolute atomic E-state index is 0. The van der Waals surface area contributed by atoms with Gasteiger partial charge in [0.25, 0.3) is 0 Å². The van der Waals surface area contributed by atoms with Gasteiger partial charge in [-0.15, -0.1) is 34.2 Å². The third-order valence-electron chi connectivity index (χ3n) is 7.39. The van der Waals surface area contributed by atoms with Crippen LogP contribution in [0.25, 0.3) is 0 Å². The van der Waals surface area contributed by atoms with E-state index in [1.807, 2.05) is 18.5 Å². The Morgan fingerprint density at radius 1 is 0.903 bits per heavy atom. The Kier molecular flexibility index (Phi) is 9.87. The van der Waals surface area contributed by atoms with Crippen LogP contribution in [0.5, 0.6) is 0 Å². The average Bonchev–Trinajstić information content (AvgIpc) is 3.11. The number of guanidine groups is 1.